The van der Waals surface area contributed by atoms with E-state index in [-0.39, 0.29) is 6.10 Å². The molecule has 1 aromatic rings. The maximum absolute atomic E-state index is 6.16. The van der Waals surface area contributed by atoms with Gasteiger partial charge in [0.15, 0.2) is 5.79 Å². The summed E-state index contributed by atoms with van der Waals surface area (Å²) >= 11 is 0. The lowest BCUT2D eigenvalue weighted by molar-refractivity contribution is -0.147. The molecule has 2 fully saturated rings. The van der Waals surface area contributed by atoms with Gasteiger partial charge in [0.05, 0.1) is 6.61 Å². The largest absolute Gasteiger partial charge is 0.348 e. The molecule has 112 valence electrons. The van der Waals surface area contributed by atoms with Gasteiger partial charge in [-0.05, 0) is 31.7 Å². The molecular formula is C18H23NO2. The monoisotopic (exact) mass is 285 g/mol. The van der Waals surface area contributed by atoms with Gasteiger partial charge in [0.1, 0.15) is 6.10 Å². The molecule has 3 aliphatic rings. The molecule has 0 radical (unpaired) electrons. The van der Waals surface area contributed by atoms with Crippen molar-refractivity contribution in [2.24, 2.45) is 5.92 Å². The summed E-state index contributed by atoms with van der Waals surface area (Å²) in [6, 6.07) is 11.7. The molecule has 2 heterocycles. The topological polar surface area (TPSA) is 21.7 Å². The molecule has 0 aromatic heterocycles. The highest BCUT2D eigenvalue weighted by Crippen LogP contribution is 2.42. The molecule has 2 saturated heterocycles. The molecule has 0 spiro atoms. The molecule has 1 aromatic carbocycles. The third-order valence-corrected chi connectivity index (χ3v) is 4.96. The average molecular weight is 285 g/mol. The summed E-state index contributed by atoms with van der Waals surface area (Å²) in [5.41, 5.74) is 1.38. The Morgan fingerprint density at radius 2 is 2.00 bits per heavy atom. The molecule has 2 bridgehead atoms. The second-order valence-corrected chi connectivity index (χ2v) is 6.87. The van der Waals surface area contributed by atoms with Crippen molar-refractivity contribution in [1.82, 2.24) is 4.90 Å². The molecular weight excluding hydrogens is 262 g/mol. The van der Waals surface area contributed by atoms with Crippen molar-refractivity contribution in [3.05, 3.63) is 48.0 Å². The number of rotatable bonds is 3. The standard InChI is InChI=1S/C18H23NO2/c1-18(2)20-12-16(21-18)17-14-8-9-15(10-14)19(17)11-13-6-4-3-5-7-13/h3-9,14-17H,10-12H2,1-2H3/t14-,15+,16-,17-/m1/s1. The number of hydrogen-bond acceptors (Lipinski definition) is 3. The lowest BCUT2D eigenvalue weighted by Crippen LogP contribution is -2.47. The number of fused-ring (bicyclic) bond motifs is 2. The first-order valence-corrected chi connectivity index (χ1v) is 7.92. The maximum atomic E-state index is 6.16. The molecule has 1 aliphatic carbocycles. The van der Waals surface area contributed by atoms with Crippen LogP contribution in [0.5, 0.6) is 0 Å². The first-order valence-electron chi connectivity index (χ1n) is 7.92. The van der Waals surface area contributed by atoms with Crippen LogP contribution in [0.25, 0.3) is 0 Å². The number of likely N-dealkylation sites (tertiary alicyclic amines) is 1. The Balaban J connectivity index is 1.55. The predicted octanol–water partition coefficient (Wildman–Crippen LogP) is 2.97. The molecule has 4 rings (SSSR count). The van der Waals surface area contributed by atoms with Crippen LogP contribution in [0.2, 0.25) is 0 Å². The van der Waals surface area contributed by atoms with Crippen LogP contribution < -0.4 is 0 Å². The molecule has 0 unspecified atom stereocenters. The van der Waals surface area contributed by atoms with Gasteiger partial charge in [0, 0.05) is 18.6 Å². The third-order valence-electron chi connectivity index (χ3n) is 4.96. The van der Waals surface area contributed by atoms with Crippen LogP contribution >= 0.6 is 0 Å². The Hall–Kier alpha value is -1.16. The molecule has 0 N–H and O–H groups in total. The fraction of sp³-hybridized carbons (Fsp3) is 0.556. The Morgan fingerprint density at radius 3 is 2.71 bits per heavy atom. The molecule has 2 aliphatic heterocycles. The first kappa shape index (κ1) is 13.5. The molecule has 21 heavy (non-hydrogen) atoms. The molecule has 0 amide bonds. The van der Waals surface area contributed by atoms with Crippen LogP contribution in [0.1, 0.15) is 25.8 Å². The Bertz CT molecular complexity index is 539. The maximum Gasteiger partial charge on any atom is 0.163 e. The smallest absolute Gasteiger partial charge is 0.163 e. The van der Waals surface area contributed by atoms with E-state index in [1.807, 2.05) is 13.8 Å². The fourth-order valence-electron chi connectivity index (χ4n) is 4.06. The van der Waals surface area contributed by atoms with Gasteiger partial charge < -0.3 is 9.47 Å². The second-order valence-electron chi connectivity index (χ2n) is 6.87. The number of nitrogens with zero attached hydrogens (tertiary/aromatic N) is 1. The molecule has 4 atom stereocenters. The minimum absolute atomic E-state index is 0.184. The lowest BCUT2D eigenvalue weighted by atomic mass is 9.96. The highest BCUT2D eigenvalue weighted by atomic mass is 16.7. The quantitative estimate of drug-likeness (QED) is 0.797. The fourth-order valence-corrected chi connectivity index (χ4v) is 4.06. The minimum Gasteiger partial charge on any atom is -0.348 e. The van der Waals surface area contributed by atoms with E-state index in [9.17, 15) is 0 Å². The van der Waals surface area contributed by atoms with Crippen molar-refractivity contribution in [1.29, 1.82) is 0 Å². The summed E-state index contributed by atoms with van der Waals surface area (Å²) in [6.45, 7) is 5.73. The van der Waals surface area contributed by atoms with Crippen molar-refractivity contribution >= 4 is 0 Å². The van der Waals surface area contributed by atoms with Crippen molar-refractivity contribution in [3.8, 4) is 0 Å². The number of ether oxygens (including phenoxy) is 2. The van der Waals surface area contributed by atoms with Gasteiger partial charge in [-0.15, -0.1) is 0 Å². The number of hydrogen-bond donors (Lipinski definition) is 0. The zero-order chi connectivity index (χ0) is 14.4. The third kappa shape index (κ3) is 2.44. The van der Waals surface area contributed by atoms with Crippen molar-refractivity contribution in [2.45, 2.75) is 50.8 Å². The van der Waals surface area contributed by atoms with Crippen LogP contribution in [0.15, 0.2) is 42.5 Å². The summed E-state index contributed by atoms with van der Waals surface area (Å²) in [5, 5.41) is 0. The van der Waals surface area contributed by atoms with E-state index in [2.05, 4.69) is 47.4 Å². The van der Waals surface area contributed by atoms with Gasteiger partial charge in [0.25, 0.3) is 0 Å². The second kappa shape index (κ2) is 4.94. The SMILES string of the molecule is CC1(C)OC[C@H]([C@H]2[C@@H]3C=C[C@@H](C3)N2Cc2ccccc2)O1. The van der Waals surface area contributed by atoms with Crippen LogP contribution in [0, 0.1) is 5.92 Å². The summed E-state index contributed by atoms with van der Waals surface area (Å²) in [5.74, 6) is 0.176. The van der Waals surface area contributed by atoms with E-state index >= 15 is 0 Å². The van der Waals surface area contributed by atoms with Gasteiger partial charge in [0.2, 0.25) is 0 Å². The predicted molar refractivity (Wildman–Crippen MR) is 81.7 cm³/mol. The van der Waals surface area contributed by atoms with Crippen molar-refractivity contribution < 1.29 is 9.47 Å². The van der Waals surface area contributed by atoms with E-state index in [1.54, 1.807) is 0 Å². The zero-order valence-corrected chi connectivity index (χ0v) is 12.7. The summed E-state index contributed by atoms with van der Waals surface area (Å²) < 4.78 is 12.0. The minimum atomic E-state index is -0.436. The molecule has 3 nitrogen and oxygen atoms in total. The Labute approximate surface area is 126 Å². The van der Waals surface area contributed by atoms with Crippen LogP contribution in [-0.2, 0) is 16.0 Å². The van der Waals surface area contributed by atoms with Gasteiger partial charge >= 0.3 is 0 Å². The van der Waals surface area contributed by atoms with Crippen molar-refractivity contribution in [3.63, 3.8) is 0 Å². The average Bonchev–Trinajstić information content (AvgIpc) is 3.14. The lowest BCUT2D eigenvalue weighted by Gasteiger charge is -2.36. The highest BCUT2D eigenvalue weighted by Gasteiger charge is 2.50. The number of benzene rings is 1. The van der Waals surface area contributed by atoms with Crippen LogP contribution in [0.3, 0.4) is 0 Å². The molecule has 3 heteroatoms. The van der Waals surface area contributed by atoms with Crippen LogP contribution in [-0.4, -0.2) is 35.5 Å². The van der Waals surface area contributed by atoms with E-state index < -0.39 is 5.79 Å². The van der Waals surface area contributed by atoms with Crippen LogP contribution in [0.4, 0.5) is 0 Å². The summed E-state index contributed by atoms with van der Waals surface area (Å²) in [6.07, 6.45) is 6.16. The van der Waals surface area contributed by atoms with Gasteiger partial charge in [-0.2, -0.15) is 0 Å². The van der Waals surface area contributed by atoms with Crippen molar-refractivity contribution in [2.75, 3.05) is 6.61 Å². The zero-order valence-electron chi connectivity index (χ0n) is 12.7. The summed E-state index contributed by atoms with van der Waals surface area (Å²) in [7, 11) is 0. The van der Waals surface area contributed by atoms with E-state index in [0.717, 1.165) is 6.54 Å². The Kier molecular flexibility index (Phi) is 3.18. The van der Waals surface area contributed by atoms with E-state index in [1.165, 1.54) is 12.0 Å². The van der Waals surface area contributed by atoms with E-state index in [4.69, 9.17) is 9.47 Å². The summed E-state index contributed by atoms with van der Waals surface area (Å²) in [4.78, 5) is 2.61. The van der Waals surface area contributed by atoms with Gasteiger partial charge in [-0.25, -0.2) is 0 Å². The normalized spacial score (nSPS) is 37.4. The molecule has 0 saturated carbocycles. The Morgan fingerprint density at radius 1 is 1.19 bits per heavy atom. The van der Waals surface area contributed by atoms with E-state index in [0.29, 0.717) is 24.6 Å². The highest BCUT2D eigenvalue weighted by molar-refractivity contribution is 5.22. The first-order chi connectivity index (χ1) is 10.1. The van der Waals surface area contributed by atoms with Gasteiger partial charge in [-0.1, -0.05) is 42.5 Å². The van der Waals surface area contributed by atoms with Gasteiger partial charge in [-0.3, -0.25) is 4.90 Å².